The van der Waals surface area contributed by atoms with Crippen molar-refractivity contribution < 1.29 is 163 Å². The summed E-state index contributed by atoms with van der Waals surface area (Å²) in [5.74, 6) is -6.18. The van der Waals surface area contributed by atoms with Gasteiger partial charge in [0.1, 0.15) is 105 Å². The lowest BCUT2D eigenvalue weighted by molar-refractivity contribution is -0.352. The third-order valence-electron chi connectivity index (χ3n) is 19.5. The molecule has 0 aromatic heterocycles. The van der Waals surface area contributed by atoms with E-state index in [9.17, 15) is 101 Å². The number of aliphatic hydroxyl groups is 16. The molecular weight excluding hydrogens is 1250 g/mol. The van der Waals surface area contributed by atoms with Crippen LogP contribution in [-0.4, -0.2) is 314 Å². The minimum Gasteiger partial charge on any atom is -0.481 e. The van der Waals surface area contributed by atoms with Gasteiger partial charge in [0.15, 0.2) is 31.3 Å². The number of allylic oxidation sites excluding steroid dienone is 2. The van der Waals surface area contributed by atoms with Crippen molar-refractivity contribution in [3.63, 3.8) is 0 Å². The lowest BCUT2D eigenvalue weighted by Crippen LogP contribution is -2.64. The number of aliphatic carboxylic acids is 1. The Balaban J connectivity index is 0.900. The Kier molecular flexibility index (Phi) is 26.0. The van der Waals surface area contributed by atoms with Gasteiger partial charge in [0.25, 0.3) is 0 Å². The molecule has 9 aliphatic rings. The van der Waals surface area contributed by atoms with Crippen LogP contribution in [0.5, 0.6) is 0 Å². The van der Waals surface area contributed by atoms with Gasteiger partial charge in [0.2, 0.25) is 0 Å². The summed E-state index contributed by atoms with van der Waals surface area (Å²) in [5, 5.41) is 184. The number of carboxylic acid groups (broad SMARTS) is 1. The van der Waals surface area contributed by atoms with Crippen molar-refractivity contribution in [2.24, 2.45) is 23.7 Å². The molecule has 0 aromatic carbocycles. The number of carbonyl (C=O) groups is 4. The fourth-order valence-electron chi connectivity index (χ4n) is 14.0. The van der Waals surface area contributed by atoms with Gasteiger partial charge in [-0.25, -0.2) is 9.59 Å². The van der Waals surface area contributed by atoms with E-state index in [-0.39, 0.29) is 56.8 Å². The number of ether oxygens (including phenoxy) is 12. The lowest BCUT2D eigenvalue weighted by Gasteiger charge is -2.53. The zero-order valence-electron chi connectivity index (χ0n) is 51.1. The molecule has 17 N–H and O–H groups in total. The van der Waals surface area contributed by atoms with E-state index < -0.39 is 246 Å². The summed E-state index contributed by atoms with van der Waals surface area (Å²) in [7, 11) is 0. The molecule has 9 rings (SSSR count). The Morgan fingerprint density at radius 3 is 1.57 bits per heavy atom. The van der Waals surface area contributed by atoms with E-state index in [0.29, 0.717) is 38.5 Å². The predicted octanol–water partition coefficient (Wildman–Crippen LogP) is -6.20. The monoisotopic (exact) mass is 1340 g/mol. The van der Waals surface area contributed by atoms with Crippen LogP contribution in [0.15, 0.2) is 24.3 Å². The third kappa shape index (κ3) is 18.4. The van der Waals surface area contributed by atoms with Crippen molar-refractivity contribution in [1.29, 1.82) is 0 Å². The standard InChI is InChI=1S/C60H92O33/c1-23-55(93-42(69)13-5-24-2-8-27(61)9-3-24)50(77)54(81)57(85-23)84-22-39-46(73)49(76)53(80)60(92-39)89-36-18-29-33(16-28(62)17-34(29)87-58-51(78)47(74)45(72)38(90-58)21-83-43(70)19-40(66)67)86-56(36)26-7-11-31(64)35(15-26)88-59-52(79)48(75)44(71)37(91-59)20-82-41(68)12-6-25-4-10-30(63)32(65)14-25/h5-6,12-13,23-39,44-65,71-81H,2-4,7-11,14-22H2,1H3,(H,66,67). The number of rotatable bonds is 21. The molecule has 530 valence electrons. The van der Waals surface area contributed by atoms with Crippen LogP contribution in [0.2, 0.25) is 0 Å². The van der Waals surface area contributed by atoms with Crippen LogP contribution in [0.4, 0.5) is 0 Å². The number of carboxylic acids is 1. The second kappa shape index (κ2) is 32.8. The fraction of sp³-hybridized carbons (Fsp3) is 0.867. The highest BCUT2D eigenvalue weighted by Crippen LogP contribution is 2.46. The quantitative estimate of drug-likeness (QED) is 0.0220. The Morgan fingerprint density at radius 2 is 0.968 bits per heavy atom. The van der Waals surface area contributed by atoms with Crippen LogP contribution in [0.25, 0.3) is 0 Å². The summed E-state index contributed by atoms with van der Waals surface area (Å²) in [6.45, 7) is -0.661. The molecule has 9 fully saturated rings. The molecule has 5 heterocycles. The Hall–Kier alpha value is -3.64. The maximum absolute atomic E-state index is 12.8. The van der Waals surface area contributed by atoms with E-state index >= 15 is 0 Å². The zero-order valence-corrected chi connectivity index (χ0v) is 51.1. The number of carbonyl (C=O) groups excluding carboxylic acids is 3. The van der Waals surface area contributed by atoms with Crippen LogP contribution < -0.4 is 0 Å². The first-order valence-electron chi connectivity index (χ1n) is 32.0. The van der Waals surface area contributed by atoms with Gasteiger partial charge in [-0.1, -0.05) is 12.2 Å². The van der Waals surface area contributed by atoms with Crippen LogP contribution in [-0.2, 0) is 76.0 Å². The first-order chi connectivity index (χ1) is 44.1. The minimum atomic E-state index is -2.01. The second-order valence-electron chi connectivity index (χ2n) is 26.2. The molecule has 4 saturated carbocycles. The molecule has 0 spiro atoms. The average Bonchev–Trinajstić information content (AvgIpc) is 0.781. The maximum Gasteiger partial charge on any atom is 0.330 e. The molecule has 5 aliphatic heterocycles. The number of hydrogen-bond donors (Lipinski definition) is 17. The van der Waals surface area contributed by atoms with Gasteiger partial charge >= 0.3 is 23.9 Å². The molecule has 0 aromatic rings. The average molecular weight is 1340 g/mol. The van der Waals surface area contributed by atoms with Crippen LogP contribution >= 0.6 is 0 Å². The fourth-order valence-corrected chi connectivity index (χ4v) is 14.0. The largest absolute Gasteiger partial charge is 0.481 e. The Bertz CT molecular complexity index is 2490. The van der Waals surface area contributed by atoms with Crippen LogP contribution in [0.3, 0.4) is 0 Å². The van der Waals surface area contributed by atoms with Crippen molar-refractivity contribution in [3.8, 4) is 0 Å². The van der Waals surface area contributed by atoms with Crippen molar-refractivity contribution in [2.45, 2.75) is 281 Å². The molecule has 93 heavy (non-hydrogen) atoms. The molecule has 0 radical (unpaired) electrons. The highest BCUT2D eigenvalue weighted by molar-refractivity contribution is 5.90. The summed E-state index contributed by atoms with van der Waals surface area (Å²) >= 11 is 0. The number of aliphatic hydroxyl groups excluding tert-OH is 16. The maximum atomic E-state index is 12.8. The van der Waals surface area contributed by atoms with Crippen molar-refractivity contribution >= 4 is 23.9 Å². The molecule has 5 saturated heterocycles. The van der Waals surface area contributed by atoms with E-state index in [4.69, 9.17) is 61.9 Å². The van der Waals surface area contributed by atoms with Gasteiger partial charge < -0.3 is 144 Å². The van der Waals surface area contributed by atoms with Gasteiger partial charge in [-0.15, -0.1) is 0 Å². The Labute approximate surface area is 533 Å². The van der Waals surface area contributed by atoms with Gasteiger partial charge in [-0.05, 0) is 102 Å². The first kappa shape index (κ1) is 73.6. The second-order valence-corrected chi connectivity index (χ2v) is 26.2. The molecule has 33 heteroatoms. The summed E-state index contributed by atoms with van der Waals surface area (Å²) in [5.41, 5.74) is 0. The van der Waals surface area contributed by atoms with Gasteiger partial charge in [-0.3, -0.25) is 9.59 Å². The summed E-state index contributed by atoms with van der Waals surface area (Å²) in [6.07, 6.45) is -37.8. The SMILES string of the molecule is CC1OC(OCC2OC(OC3CC4C(OC5OC(COC(=O)CC(=O)O)C(O)C(O)C5O)CC(O)CC4OC3C3CCC(O)C(OC4OC(COC(=O)C=CC5CCC(O)C(O)C5)C(O)C(O)C4O)C3)C(O)C(O)C2O)C(O)C(O)C1OC(=O)C=CC1CCC(O)CC1. The van der Waals surface area contributed by atoms with E-state index in [0.717, 1.165) is 6.08 Å². The topological polar surface area (TPSA) is 523 Å². The normalized spacial score (nSPS) is 47.5. The number of fused-ring (bicyclic) bond motifs is 1. The smallest absolute Gasteiger partial charge is 0.330 e. The lowest BCUT2D eigenvalue weighted by atomic mass is 9.72. The number of esters is 3. The van der Waals surface area contributed by atoms with E-state index in [1.54, 1.807) is 6.08 Å². The molecular formula is C60H92O33. The number of hydrogen-bond acceptors (Lipinski definition) is 32. The highest BCUT2D eigenvalue weighted by Gasteiger charge is 2.56. The molecule has 32 atom stereocenters. The van der Waals surface area contributed by atoms with Crippen molar-refractivity contribution in [1.82, 2.24) is 0 Å². The molecule has 32 unspecified atom stereocenters. The summed E-state index contributed by atoms with van der Waals surface area (Å²) < 4.78 is 71.1. The van der Waals surface area contributed by atoms with E-state index in [1.807, 2.05) is 0 Å². The van der Waals surface area contributed by atoms with Gasteiger partial charge in [0.05, 0.1) is 73.8 Å². The van der Waals surface area contributed by atoms with Crippen molar-refractivity contribution in [2.75, 3.05) is 19.8 Å². The summed E-state index contributed by atoms with van der Waals surface area (Å²) in [6, 6.07) is 0. The third-order valence-corrected chi connectivity index (χ3v) is 19.5. The Morgan fingerprint density at radius 1 is 0.441 bits per heavy atom. The predicted molar refractivity (Wildman–Crippen MR) is 302 cm³/mol. The molecule has 4 aliphatic carbocycles. The van der Waals surface area contributed by atoms with Gasteiger partial charge in [-0.2, -0.15) is 0 Å². The zero-order chi connectivity index (χ0) is 67.3. The molecule has 0 amide bonds. The highest BCUT2D eigenvalue weighted by atomic mass is 16.8. The van der Waals surface area contributed by atoms with Crippen LogP contribution in [0.1, 0.15) is 96.8 Å². The van der Waals surface area contributed by atoms with Gasteiger partial charge in [0, 0.05) is 24.5 Å². The summed E-state index contributed by atoms with van der Waals surface area (Å²) in [4.78, 5) is 48.8. The van der Waals surface area contributed by atoms with Crippen LogP contribution in [0, 0.1) is 23.7 Å². The molecule has 0 bridgehead atoms. The van der Waals surface area contributed by atoms with Crippen molar-refractivity contribution in [3.05, 3.63) is 24.3 Å². The van der Waals surface area contributed by atoms with E-state index in [2.05, 4.69) is 0 Å². The van der Waals surface area contributed by atoms with E-state index in [1.165, 1.54) is 19.1 Å². The first-order valence-corrected chi connectivity index (χ1v) is 32.0. The minimum absolute atomic E-state index is 0.0110. The molecule has 33 nitrogen and oxygen atoms in total.